The van der Waals surface area contributed by atoms with Crippen molar-refractivity contribution in [3.8, 4) is 17.4 Å². The average Bonchev–Trinajstić information content (AvgIpc) is 2.72. The molecule has 0 aliphatic carbocycles. The van der Waals surface area contributed by atoms with Crippen molar-refractivity contribution in [3.05, 3.63) is 48.2 Å². The molecule has 2 rings (SSSR count). The molecule has 168 valence electrons. The Morgan fingerprint density at radius 1 is 1.16 bits per heavy atom. The highest BCUT2D eigenvalue weighted by atomic mass is 16.5. The standard InChI is InChI=1S/C23H30N2O6/c1-23(2,3)11-10-19(22(28)29-4)24-13-16-8-9-20(25-14-16)31-18-7-5-6-17(12-18)30-15-21(26)27/h5-9,12,14,19,24H,10-11,13,15H2,1-4H3,(H,26,27)/t19-/m0/s1. The van der Waals surface area contributed by atoms with Crippen LogP contribution in [-0.2, 0) is 20.9 Å². The molecule has 0 aliphatic rings. The fraction of sp³-hybridized carbons (Fsp3) is 0.435. The van der Waals surface area contributed by atoms with Crippen LogP contribution in [0, 0.1) is 5.41 Å². The van der Waals surface area contributed by atoms with Crippen LogP contribution in [0.15, 0.2) is 42.6 Å². The lowest BCUT2D eigenvalue weighted by Gasteiger charge is -2.22. The van der Waals surface area contributed by atoms with Crippen LogP contribution < -0.4 is 14.8 Å². The molecule has 0 aliphatic heterocycles. The number of carboxylic acid groups (broad SMARTS) is 1. The lowest BCUT2D eigenvalue weighted by molar-refractivity contribution is -0.143. The highest BCUT2D eigenvalue weighted by Gasteiger charge is 2.21. The van der Waals surface area contributed by atoms with E-state index in [2.05, 4.69) is 31.1 Å². The molecule has 0 saturated heterocycles. The van der Waals surface area contributed by atoms with Crippen molar-refractivity contribution in [2.45, 2.75) is 46.2 Å². The van der Waals surface area contributed by atoms with Gasteiger partial charge in [0.05, 0.1) is 7.11 Å². The molecule has 8 heteroatoms. The van der Waals surface area contributed by atoms with Gasteiger partial charge in [0.1, 0.15) is 17.5 Å². The maximum atomic E-state index is 12.1. The number of aromatic nitrogens is 1. The average molecular weight is 431 g/mol. The van der Waals surface area contributed by atoms with E-state index in [0.29, 0.717) is 30.3 Å². The second kappa shape index (κ2) is 11.3. The summed E-state index contributed by atoms with van der Waals surface area (Å²) in [5.74, 6) is -0.0670. The fourth-order valence-corrected chi connectivity index (χ4v) is 2.73. The van der Waals surface area contributed by atoms with Gasteiger partial charge in [0, 0.05) is 24.9 Å². The smallest absolute Gasteiger partial charge is 0.341 e. The minimum absolute atomic E-state index is 0.129. The zero-order chi connectivity index (χ0) is 22.9. The quantitative estimate of drug-likeness (QED) is 0.519. The molecule has 1 aromatic heterocycles. The van der Waals surface area contributed by atoms with Crippen LogP contribution in [0.3, 0.4) is 0 Å². The van der Waals surface area contributed by atoms with Crippen molar-refractivity contribution in [1.29, 1.82) is 0 Å². The number of methoxy groups -OCH3 is 1. The van der Waals surface area contributed by atoms with Crippen molar-refractivity contribution in [2.75, 3.05) is 13.7 Å². The van der Waals surface area contributed by atoms with Crippen molar-refractivity contribution >= 4 is 11.9 Å². The van der Waals surface area contributed by atoms with Crippen LogP contribution >= 0.6 is 0 Å². The van der Waals surface area contributed by atoms with Crippen molar-refractivity contribution in [1.82, 2.24) is 10.3 Å². The number of aliphatic carboxylic acids is 1. The maximum Gasteiger partial charge on any atom is 0.341 e. The molecule has 8 nitrogen and oxygen atoms in total. The van der Waals surface area contributed by atoms with E-state index in [-0.39, 0.29) is 17.4 Å². The topological polar surface area (TPSA) is 107 Å². The normalized spacial score (nSPS) is 12.1. The SMILES string of the molecule is COC(=O)[C@H](CCC(C)(C)C)NCc1ccc(Oc2cccc(OCC(=O)O)c2)nc1. The number of carbonyl (C=O) groups is 2. The van der Waals surface area contributed by atoms with Crippen molar-refractivity contribution in [3.63, 3.8) is 0 Å². The summed E-state index contributed by atoms with van der Waals surface area (Å²) in [4.78, 5) is 27.0. The fourth-order valence-electron chi connectivity index (χ4n) is 2.73. The number of carbonyl (C=O) groups excluding carboxylic acids is 1. The molecule has 0 fully saturated rings. The first-order chi connectivity index (χ1) is 14.7. The molecular formula is C23H30N2O6. The molecule has 0 radical (unpaired) electrons. The van der Waals surface area contributed by atoms with E-state index in [1.807, 2.05) is 6.07 Å². The Labute approximate surface area is 182 Å². The van der Waals surface area contributed by atoms with Crippen LogP contribution in [0.25, 0.3) is 0 Å². The number of hydrogen-bond acceptors (Lipinski definition) is 7. The van der Waals surface area contributed by atoms with Crippen LogP contribution in [0.2, 0.25) is 0 Å². The monoisotopic (exact) mass is 430 g/mol. The Morgan fingerprint density at radius 3 is 2.52 bits per heavy atom. The molecule has 1 heterocycles. The van der Waals surface area contributed by atoms with E-state index in [9.17, 15) is 9.59 Å². The van der Waals surface area contributed by atoms with Crippen molar-refractivity contribution in [2.24, 2.45) is 5.41 Å². The molecule has 2 N–H and O–H groups in total. The van der Waals surface area contributed by atoms with E-state index in [0.717, 1.165) is 12.0 Å². The molecule has 0 amide bonds. The Balaban J connectivity index is 1.93. The molecule has 2 aromatic rings. The summed E-state index contributed by atoms with van der Waals surface area (Å²) in [6, 6.07) is 9.87. The Kier molecular flexibility index (Phi) is 8.81. The van der Waals surface area contributed by atoms with E-state index in [1.165, 1.54) is 7.11 Å². The Morgan fingerprint density at radius 2 is 1.90 bits per heavy atom. The minimum Gasteiger partial charge on any atom is -0.482 e. The van der Waals surface area contributed by atoms with Crippen molar-refractivity contribution < 1.29 is 28.9 Å². The molecule has 0 spiro atoms. The predicted octanol–water partition coefficient (Wildman–Crippen LogP) is 3.79. The highest BCUT2D eigenvalue weighted by molar-refractivity contribution is 5.75. The summed E-state index contributed by atoms with van der Waals surface area (Å²) in [6.45, 7) is 6.45. The summed E-state index contributed by atoms with van der Waals surface area (Å²) in [6.07, 6.45) is 3.25. The summed E-state index contributed by atoms with van der Waals surface area (Å²) < 4.78 is 15.8. The number of carboxylic acids is 1. The van der Waals surface area contributed by atoms with Gasteiger partial charge in [0.2, 0.25) is 5.88 Å². The third-order valence-corrected chi connectivity index (χ3v) is 4.41. The minimum atomic E-state index is -1.05. The Bertz CT molecular complexity index is 861. The second-order valence-electron chi connectivity index (χ2n) is 8.32. The van der Waals surface area contributed by atoms with E-state index in [4.69, 9.17) is 19.3 Å². The number of nitrogens with one attached hydrogen (secondary N) is 1. The van der Waals surface area contributed by atoms with Crippen LogP contribution in [0.1, 0.15) is 39.2 Å². The van der Waals surface area contributed by atoms with Gasteiger partial charge in [0.15, 0.2) is 6.61 Å². The zero-order valence-corrected chi connectivity index (χ0v) is 18.4. The third-order valence-electron chi connectivity index (χ3n) is 4.41. The van der Waals surface area contributed by atoms with Crippen LogP contribution in [0.5, 0.6) is 17.4 Å². The number of rotatable bonds is 11. The lowest BCUT2D eigenvalue weighted by Crippen LogP contribution is -2.38. The molecule has 31 heavy (non-hydrogen) atoms. The molecule has 0 saturated carbocycles. The Hall–Kier alpha value is -3.13. The predicted molar refractivity (Wildman–Crippen MR) is 115 cm³/mol. The van der Waals surface area contributed by atoms with Gasteiger partial charge < -0.3 is 24.6 Å². The first-order valence-electron chi connectivity index (χ1n) is 10.0. The number of nitrogens with zero attached hydrogens (tertiary/aromatic N) is 1. The van der Waals surface area contributed by atoms with Crippen LogP contribution in [0.4, 0.5) is 0 Å². The lowest BCUT2D eigenvalue weighted by atomic mass is 9.88. The zero-order valence-electron chi connectivity index (χ0n) is 18.4. The number of ether oxygens (including phenoxy) is 3. The second-order valence-corrected chi connectivity index (χ2v) is 8.32. The largest absolute Gasteiger partial charge is 0.482 e. The molecule has 0 bridgehead atoms. The van der Waals surface area contributed by atoms with Gasteiger partial charge in [-0.3, -0.25) is 4.79 Å². The van der Waals surface area contributed by atoms with Gasteiger partial charge in [-0.05, 0) is 36.0 Å². The first-order valence-corrected chi connectivity index (χ1v) is 10.0. The van der Waals surface area contributed by atoms with Gasteiger partial charge in [-0.25, -0.2) is 9.78 Å². The summed E-state index contributed by atoms with van der Waals surface area (Å²) in [5, 5.41) is 11.9. The third kappa shape index (κ3) is 9.04. The van der Waals surface area contributed by atoms with Gasteiger partial charge in [-0.2, -0.15) is 0 Å². The maximum absolute atomic E-state index is 12.1. The van der Waals surface area contributed by atoms with Gasteiger partial charge in [-0.15, -0.1) is 0 Å². The number of esters is 1. The number of pyridine rings is 1. The van der Waals surface area contributed by atoms with Gasteiger partial charge >= 0.3 is 11.9 Å². The summed E-state index contributed by atoms with van der Waals surface area (Å²) in [7, 11) is 1.39. The summed E-state index contributed by atoms with van der Waals surface area (Å²) in [5.41, 5.74) is 1.03. The van der Waals surface area contributed by atoms with E-state index >= 15 is 0 Å². The van der Waals surface area contributed by atoms with E-state index in [1.54, 1.807) is 36.5 Å². The summed E-state index contributed by atoms with van der Waals surface area (Å²) >= 11 is 0. The molecule has 1 atom stereocenters. The van der Waals surface area contributed by atoms with Gasteiger partial charge in [-0.1, -0.05) is 32.9 Å². The molecule has 1 aromatic carbocycles. The highest BCUT2D eigenvalue weighted by Crippen LogP contribution is 2.24. The van der Waals surface area contributed by atoms with E-state index < -0.39 is 12.6 Å². The molecular weight excluding hydrogens is 400 g/mol. The number of benzene rings is 1. The molecule has 0 unspecified atom stereocenters. The first kappa shape index (κ1) is 24.1. The number of hydrogen-bond donors (Lipinski definition) is 2. The van der Waals surface area contributed by atoms with Gasteiger partial charge in [0.25, 0.3) is 0 Å². The van der Waals surface area contributed by atoms with Crippen LogP contribution in [-0.4, -0.2) is 41.8 Å².